The molecule has 9 heteroatoms. The molecule has 0 saturated heterocycles. The molecule has 1 aromatic heterocycles. The number of carbonyl (C=O) groups excluding carboxylic acids is 2. The topological polar surface area (TPSA) is 90.0 Å². The number of methoxy groups -OCH3 is 1. The van der Waals surface area contributed by atoms with E-state index in [-0.39, 0.29) is 4.90 Å². The summed E-state index contributed by atoms with van der Waals surface area (Å²) in [4.78, 5) is 26.9. The molecule has 152 valence electrons. The number of hydrogen-bond donors (Lipinski definition) is 0. The van der Waals surface area contributed by atoms with Gasteiger partial charge in [0.25, 0.3) is 16.0 Å². The summed E-state index contributed by atoms with van der Waals surface area (Å²) < 4.78 is 34.5. The first-order chi connectivity index (χ1) is 13.1. The zero-order valence-corrected chi connectivity index (χ0v) is 18.0. The first-order valence-corrected chi connectivity index (χ1v) is 10.8. The maximum absolute atomic E-state index is 12.9. The molecule has 0 unspecified atom stereocenters. The fourth-order valence-corrected chi connectivity index (χ4v) is 4.40. The van der Waals surface area contributed by atoms with Crippen LogP contribution in [0.4, 0.5) is 5.69 Å². The van der Waals surface area contributed by atoms with Gasteiger partial charge in [-0.05, 0) is 50.8 Å². The molecular weight excluding hydrogens is 402 g/mol. The Kier molecular flexibility index (Phi) is 6.97. The Labute approximate surface area is 169 Å². The van der Waals surface area contributed by atoms with Gasteiger partial charge in [-0.1, -0.05) is 17.7 Å². The van der Waals surface area contributed by atoms with E-state index in [9.17, 15) is 18.0 Å². The molecule has 1 heterocycles. The van der Waals surface area contributed by atoms with Crippen LogP contribution < -0.4 is 4.90 Å². The second kappa shape index (κ2) is 8.85. The van der Waals surface area contributed by atoms with Crippen LogP contribution in [0.3, 0.4) is 0 Å². The van der Waals surface area contributed by atoms with Gasteiger partial charge in [0.1, 0.15) is 12.6 Å². The number of anilines is 1. The van der Waals surface area contributed by atoms with E-state index < -0.39 is 34.6 Å². The second-order valence-corrected chi connectivity index (χ2v) is 9.01. The Bertz CT molecular complexity index is 943. The zero-order valence-electron chi connectivity index (χ0n) is 16.4. The van der Waals surface area contributed by atoms with Crippen LogP contribution in [0.2, 0.25) is 0 Å². The predicted molar refractivity (Wildman–Crippen MR) is 107 cm³/mol. The van der Waals surface area contributed by atoms with Crippen molar-refractivity contribution in [1.29, 1.82) is 0 Å². The number of benzene rings is 1. The van der Waals surface area contributed by atoms with Gasteiger partial charge < -0.3 is 4.74 Å². The molecule has 0 saturated carbocycles. The molecule has 1 amide bonds. The summed E-state index contributed by atoms with van der Waals surface area (Å²) in [7, 11) is -2.88. The second-order valence-electron chi connectivity index (χ2n) is 6.32. The van der Waals surface area contributed by atoms with Crippen LogP contribution in [0.15, 0.2) is 34.5 Å². The minimum Gasteiger partial charge on any atom is -0.467 e. The fraction of sp³-hybridized carbons (Fsp3) is 0.368. The van der Waals surface area contributed by atoms with E-state index in [1.54, 1.807) is 12.1 Å². The number of carbonyl (C=O) groups is 2. The number of aryl methyl sites for hydroxylation is 3. The lowest BCUT2D eigenvalue weighted by atomic mass is 10.2. The molecule has 0 fully saturated rings. The third kappa shape index (κ3) is 4.78. The van der Waals surface area contributed by atoms with Crippen molar-refractivity contribution in [2.75, 3.05) is 18.6 Å². The van der Waals surface area contributed by atoms with Crippen LogP contribution in [0, 0.1) is 20.8 Å². The lowest BCUT2D eigenvalue weighted by Crippen LogP contribution is -2.46. The Morgan fingerprint density at radius 2 is 1.75 bits per heavy atom. The summed E-state index contributed by atoms with van der Waals surface area (Å²) in [6.45, 7) is 6.26. The first-order valence-electron chi connectivity index (χ1n) is 8.49. The van der Waals surface area contributed by atoms with E-state index in [2.05, 4.69) is 0 Å². The molecule has 7 nitrogen and oxygen atoms in total. The summed E-state index contributed by atoms with van der Waals surface area (Å²) in [5.41, 5.74) is 2.26. The molecule has 0 aliphatic carbocycles. The van der Waals surface area contributed by atoms with E-state index in [4.69, 9.17) is 8.92 Å². The lowest BCUT2D eigenvalue weighted by molar-refractivity contribution is -0.143. The normalized spacial score (nSPS) is 12.5. The fourth-order valence-electron chi connectivity index (χ4n) is 2.71. The Hall–Kier alpha value is -2.23. The van der Waals surface area contributed by atoms with Gasteiger partial charge in [-0.15, -0.1) is 11.3 Å². The van der Waals surface area contributed by atoms with E-state index in [0.29, 0.717) is 5.69 Å². The Balaban J connectivity index is 2.28. The Morgan fingerprint density at radius 1 is 1.14 bits per heavy atom. The van der Waals surface area contributed by atoms with Crippen molar-refractivity contribution in [3.63, 3.8) is 0 Å². The third-order valence-corrected chi connectivity index (χ3v) is 6.50. The van der Waals surface area contributed by atoms with Gasteiger partial charge in [0, 0.05) is 4.88 Å². The average molecular weight is 426 g/mol. The highest BCUT2D eigenvalue weighted by molar-refractivity contribution is 7.86. The van der Waals surface area contributed by atoms with Crippen molar-refractivity contribution in [2.45, 2.75) is 38.6 Å². The number of amides is 1. The van der Waals surface area contributed by atoms with Crippen molar-refractivity contribution in [2.24, 2.45) is 0 Å². The monoisotopic (exact) mass is 425 g/mol. The maximum Gasteiger partial charge on any atom is 0.328 e. The molecule has 0 spiro atoms. The van der Waals surface area contributed by atoms with Crippen molar-refractivity contribution in [3.05, 3.63) is 45.6 Å². The molecule has 28 heavy (non-hydrogen) atoms. The first kappa shape index (κ1) is 22.1. The number of ether oxygens (including phenoxy) is 1. The van der Waals surface area contributed by atoms with Crippen LogP contribution >= 0.6 is 11.3 Å². The van der Waals surface area contributed by atoms with Crippen molar-refractivity contribution >= 4 is 39.0 Å². The van der Waals surface area contributed by atoms with E-state index >= 15 is 0 Å². The number of hydrogen-bond acceptors (Lipinski definition) is 7. The number of esters is 1. The largest absolute Gasteiger partial charge is 0.467 e. The van der Waals surface area contributed by atoms with E-state index in [1.807, 2.05) is 26.2 Å². The molecular formula is C19H23NO6S2. The third-order valence-electron chi connectivity index (χ3n) is 4.21. The smallest absolute Gasteiger partial charge is 0.328 e. The van der Waals surface area contributed by atoms with Gasteiger partial charge in [-0.25, -0.2) is 4.79 Å². The average Bonchev–Trinajstić information content (AvgIpc) is 2.98. The lowest BCUT2D eigenvalue weighted by Gasteiger charge is -2.28. The number of thiophene rings is 1. The summed E-state index contributed by atoms with van der Waals surface area (Å²) in [5, 5.41) is 1.86. The molecule has 2 rings (SSSR count). The minimum absolute atomic E-state index is 0.0404. The highest BCUT2D eigenvalue weighted by atomic mass is 32.2. The quantitative estimate of drug-likeness (QED) is 0.500. The van der Waals surface area contributed by atoms with Crippen molar-refractivity contribution < 1.29 is 26.9 Å². The molecule has 0 N–H and O–H groups in total. The van der Waals surface area contributed by atoms with Gasteiger partial charge in [0.15, 0.2) is 0 Å². The summed E-state index contributed by atoms with van der Waals surface area (Å²) in [5.74, 6) is -1.27. The van der Waals surface area contributed by atoms with Crippen LogP contribution in [-0.4, -0.2) is 40.1 Å². The van der Waals surface area contributed by atoms with Gasteiger partial charge in [0.2, 0.25) is 0 Å². The molecule has 0 bridgehead atoms. The molecule has 0 aliphatic rings. The number of nitrogens with zero attached hydrogens (tertiary/aromatic N) is 1. The van der Waals surface area contributed by atoms with Gasteiger partial charge >= 0.3 is 5.97 Å². The molecule has 1 aromatic carbocycles. The summed E-state index contributed by atoms with van der Waals surface area (Å²) in [6.07, 6.45) is 0. The predicted octanol–water partition coefficient (Wildman–Crippen LogP) is 2.97. The highest BCUT2D eigenvalue weighted by Gasteiger charge is 2.32. The highest BCUT2D eigenvalue weighted by Crippen LogP contribution is 2.32. The van der Waals surface area contributed by atoms with Gasteiger partial charge in [-0.2, -0.15) is 8.42 Å². The van der Waals surface area contributed by atoms with Crippen molar-refractivity contribution in [1.82, 2.24) is 0 Å². The van der Waals surface area contributed by atoms with Crippen molar-refractivity contribution in [3.8, 4) is 0 Å². The van der Waals surface area contributed by atoms with E-state index in [1.165, 1.54) is 42.4 Å². The SMILES string of the molecule is COC(=O)[C@H](C)N(C(=O)COS(=O)(=O)c1ccc(C)cc1)c1c(C)csc1C. The van der Waals surface area contributed by atoms with Crippen LogP contribution in [0.1, 0.15) is 22.9 Å². The van der Waals surface area contributed by atoms with Crippen LogP contribution in [0.5, 0.6) is 0 Å². The minimum atomic E-state index is -4.11. The molecule has 2 aromatic rings. The van der Waals surface area contributed by atoms with Gasteiger partial charge in [0.05, 0.1) is 17.7 Å². The van der Waals surface area contributed by atoms with Crippen LogP contribution in [0.25, 0.3) is 0 Å². The molecule has 1 atom stereocenters. The molecule has 0 aliphatic heterocycles. The molecule has 0 radical (unpaired) electrons. The zero-order chi connectivity index (χ0) is 21.1. The maximum atomic E-state index is 12.9. The van der Waals surface area contributed by atoms with Gasteiger partial charge in [-0.3, -0.25) is 13.9 Å². The van der Waals surface area contributed by atoms with E-state index in [0.717, 1.165) is 16.0 Å². The number of rotatable bonds is 7. The van der Waals surface area contributed by atoms with Crippen LogP contribution in [-0.2, 0) is 28.6 Å². The summed E-state index contributed by atoms with van der Waals surface area (Å²) in [6, 6.07) is 5.17. The summed E-state index contributed by atoms with van der Waals surface area (Å²) >= 11 is 1.43. The standard InChI is InChI=1S/C19H23NO6S2/c1-12-6-8-16(9-7-12)28(23,24)26-10-17(21)20(14(3)19(22)25-5)18-13(2)11-27-15(18)4/h6-9,11,14H,10H2,1-5H3/t14-/m0/s1. The Morgan fingerprint density at radius 3 is 2.25 bits per heavy atom.